The van der Waals surface area contributed by atoms with Crippen molar-refractivity contribution in [3.63, 3.8) is 0 Å². The van der Waals surface area contributed by atoms with Crippen LogP contribution in [0.25, 0.3) is 0 Å². The van der Waals surface area contributed by atoms with Gasteiger partial charge in [0.1, 0.15) is 0 Å². The second kappa shape index (κ2) is 7.45. The standard InChI is InChI=1S/C11H17ClFN3O2/c1-8(7-18-3)16(4-5-17-2)10-9(13)6-14-11(12)15-10/h6,8H,4-5,7H2,1-3H3. The van der Waals surface area contributed by atoms with Crippen LogP contribution in [-0.2, 0) is 9.47 Å². The minimum absolute atomic E-state index is 0.0124. The molecule has 0 N–H and O–H groups in total. The van der Waals surface area contributed by atoms with E-state index in [1.54, 1.807) is 19.1 Å². The fourth-order valence-electron chi connectivity index (χ4n) is 1.59. The Hall–Kier alpha value is -0.980. The Labute approximate surface area is 111 Å². The van der Waals surface area contributed by atoms with Gasteiger partial charge in [-0.1, -0.05) is 0 Å². The summed E-state index contributed by atoms with van der Waals surface area (Å²) in [7, 11) is 3.18. The number of anilines is 1. The Morgan fingerprint density at radius 3 is 2.78 bits per heavy atom. The van der Waals surface area contributed by atoms with Gasteiger partial charge in [0.2, 0.25) is 5.28 Å². The zero-order valence-corrected chi connectivity index (χ0v) is 11.4. The van der Waals surface area contributed by atoms with Crippen LogP contribution in [0.3, 0.4) is 0 Å². The first-order valence-corrected chi connectivity index (χ1v) is 5.90. The van der Waals surface area contributed by atoms with Crippen LogP contribution in [-0.4, -0.2) is 50.0 Å². The molecule has 1 aromatic rings. The van der Waals surface area contributed by atoms with Crippen LogP contribution in [0.1, 0.15) is 6.92 Å². The summed E-state index contributed by atoms with van der Waals surface area (Å²) in [5.74, 6) is -0.352. The van der Waals surface area contributed by atoms with E-state index in [-0.39, 0.29) is 17.1 Å². The van der Waals surface area contributed by atoms with Crippen molar-refractivity contribution in [2.45, 2.75) is 13.0 Å². The molecule has 0 radical (unpaired) electrons. The van der Waals surface area contributed by atoms with Crippen LogP contribution < -0.4 is 4.90 Å². The lowest BCUT2D eigenvalue weighted by atomic mass is 10.3. The van der Waals surface area contributed by atoms with Crippen LogP contribution in [0.5, 0.6) is 0 Å². The monoisotopic (exact) mass is 277 g/mol. The average Bonchev–Trinajstić information content (AvgIpc) is 2.34. The molecule has 1 unspecified atom stereocenters. The molecule has 1 atom stereocenters. The van der Waals surface area contributed by atoms with E-state index in [1.807, 2.05) is 6.92 Å². The first-order valence-electron chi connectivity index (χ1n) is 5.52. The van der Waals surface area contributed by atoms with Crippen LogP contribution in [0.4, 0.5) is 10.2 Å². The maximum absolute atomic E-state index is 13.7. The molecule has 1 aromatic heterocycles. The van der Waals surface area contributed by atoms with Crippen molar-refractivity contribution in [3.05, 3.63) is 17.3 Å². The Morgan fingerprint density at radius 1 is 1.44 bits per heavy atom. The van der Waals surface area contributed by atoms with Gasteiger partial charge >= 0.3 is 0 Å². The van der Waals surface area contributed by atoms with Gasteiger partial charge in [-0.2, -0.15) is 4.98 Å². The largest absolute Gasteiger partial charge is 0.383 e. The molecule has 0 amide bonds. The van der Waals surface area contributed by atoms with Crippen LogP contribution >= 0.6 is 11.6 Å². The van der Waals surface area contributed by atoms with Crippen LogP contribution in [0.2, 0.25) is 5.28 Å². The van der Waals surface area contributed by atoms with Gasteiger partial charge < -0.3 is 14.4 Å². The highest BCUT2D eigenvalue weighted by molar-refractivity contribution is 6.28. The number of nitrogens with zero attached hydrogens (tertiary/aromatic N) is 3. The number of aromatic nitrogens is 2. The van der Waals surface area contributed by atoms with E-state index in [2.05, 4.69) is 9.97 Å². The molecule has 0 saturated carbocycles. The van der Waals surface area contributed by atoms with Crippen molar-refractivity contribution in [2.75, 3.05) is 38.9 Å². The van der Waals surface area contributed by atoms with E-state index >= 15 is 0 Å². The number of hydrogen-bond donors (Lipinski definition) is 0. The molecule has 5 nitrogen and oxygen atoms in total. The molecule has 0 aliphatic carbocycles. The maximum Gasteiger partial charge on any atom is 0.224 e. The first kappa shape index (κ1) is 15.1. The highest BCUT2D eigenvalue weighted by Gasteiger charge is 2.20. The SMILES string of the molecule is COCCN(c1nc(Cl)ncc1F)C(C)COC. The minimum Gasteiger partial charge on any atom is -0.383 e. The number of halogens is 2. The third-order valence-corrected chi connectivity index (χ3v) is 2.63. The highest BCUT2D eigenvalue weighted by Crippen LogP contribution is 2.19. The predicted molar refractivity (Wildman–Crippen MR) is 67.6 cm³/mol. The summed E-state index contributed by atoms with van der Waals surface area (Å²) in [5.41, 5.74) is 0. The third kappa shape index (κ3) is 4.04. The Balaban J connectivity index is 2.96. The molecule has 1 heterocycles. The van der Waals surface area contributed by atoms with Gasteiger partial charge in [-0.05, 0) is 18.5 Å². The fraction of sp³-hybridized carbons (Fsp3) is 0.636. The number of hydrogen-bond acceptors (Lipinski definition) is 5. The zero-order valence-electron chi connectivity index (χ0n) is 10.7. The second-order valence-electron chi connectivity index (χ2n) is 3.80. The summed E-state index contributed by atoms with van der Waals surface area (Å²) in [6.07, 6.45) is 1.06. The van der Waals surface area contributed by atoms with Gasteiger partial charge in [-0.15, -0.1) is 0 Å². The minimum atomic E-state index is -0.515. The summed E-state index contributed by atoms with van der Waals surface area (Å²) >= 11 is 5.70. The normalized spacial score (nSPS) is 12.5. The second-order valence-corrected chi connectivity index (χ2v) is 4.14. The summed E-state index contributed by atoms with van der Waals surface area (Å²) < 4.78 is 23.8. The van der Waals surface area contributed by atoms with Gasteiger partial charge in [-0.3, -0.25) is 0 Å². The molecule has 0 saturated heterocycles. The summed E-state index contributed by atoms with van der Waals surface area (Å²) in [6, 6.07) is -0.0504. The molecule has 0 aliphatic rings. The molecule has 0 aliphatic heterocycles. The molecular weight excluding hydrogens is 261 g/mol. The summed E-state index contributed by atoms with van der Waals surface area (Å²) in [4.78, 5) is 9.27. The molecule has 0 fully saturated rings. The quantitative estimate of drug-likeness (QED) is 0.711. The fourth-order valence-corrected chi connectivity index (χ4v) is 1.72. The van der Waals surface area contributed by atoms with Crippen molar-refractivity contribution in [1.82, 2.24) is 9.97 Å². The van der Waals surface area contributed by atoms with Crippen LogP contribution in [0, 0.1) is 5.82 Å². The third-order valence-electron chi connectivity index (χ3n) is 2.44. The van der Waals surface area contributed by atoms with Gasteiger partial charge in [0.25, 0.3) is 0 Å². The van der Waals surface area contributed by atoms with E-state index in [1.165, 1.54) is 0 Å². The first-order chi connectivity index (χ1) is 8.60. The number of ether oxygens (including phenoxy) is 2. The van der Waals surface area contributed by atoms with E-state index in [9.17, 15) is 4.39 Å². The molecule has 18 heavy (non-hydrogen) atoms. The van der Waals surface area contributed by atoms with Gasteiger partial charge in [-0.25, -0.2) is 9.37 Å². The van der Waals surface area contributed by atoms with Crippen molar-refractivity contribution in [2.24, 2.45) is 0 Å². The molecule has 7 heteroatoms. The molecular formula is C11H17ClFN3O2. The molecule has 0 spiro atoms. The van der Waals surface area contributed by atoms with E-state index < -0.39 is 5.82 Å². The molecule has 1 rings (SSSR count). The van der Waals surface area contributed by atoms with Crippen molar-refractivity contribution in [1.29, 1.82) is 0 Å². The Bertz CT molecular complexity index is 381. The van der Waals surface area contributed by atoms with Gasteiger partial charge in [0, 0.05) is 20.8 Å². The van der Waals surface area contributed by atoms with Crippen molar-refractivity contribution in [3.8, 4) is 0 Å². The Kier molecular flexibility index (Phi) is 6.24. The smallest absolute Gasteiger partial charge is 0.224 e. The van der Waals surface area contributed by atoms with E-state index in [4.69, 9.17) is 21.1 Å². The predicted octanol–water partition coefficient (Wildman–Crippen LogP) is 1.76. The lowest BCUT2D eigenvalue weighted by Gasteiger charge is -2.29. The van der Waals surface area contributed by atoms with Crippen molar-refractivity contribution >= 4 is 17.4 Å². The summed E-state index contributed by atoms with van der Waals surface area (Å²) in [5, 5.41) is 0.0124. The van der Waals surface area contributed by atoms with Gasteiger partial charge in [0.15, 0.2) is 11.6 Å². The molecule has 102 valence electrons. The van der Waals surface area contributed by atoms with E-state index in [0.29, 0.717) is 19.8 Å². The maximum atomic E-state index is 13.7. The average molecular weight is 278 g/mol. The molecule has 0 aromatic carbocycles. The summed E-state index contributed by atoms with van der Waals surface area (Å²) in [6.45, 7) is 3.31. The lowest BCUT2D eigenvalue weighted by Crippen LogP contribution is -2.39. The Morgan fingerprint density at radius 2 is 2.17 bits per heavy atom. The van der Waals surface area contributed by atoms with Crippen LogP contribution in [0.15, 0.2) is 6.20 Å². The number of methoxy groups -OCH3 is 2. The van der Waals surface area contributed by atoms with Crippen molar-refractivity contribution < 1.29 is 13.9 Å². The lowest BCUT2D eigenvalue weighted by molar-refractivity contribution is 0.170. The van der Waals surface area contributed by atoms with Gasteiger partial charge in [0.05, 0.1) is 25.5 Å². The zero-order chi connectivity index (χ0) is 13.5. The number of rotatable bonds is 7. The highest BCUT2D eigenvalue weighted by atomic mass is 35.5. The molecule has 0 bridgehead atoms. The topological polar surface area (TPSA) is 47.5 Å². The van der Waals surface area contributed by atoms with E-state index in [0.717, 1.165) is 6.20 Å².